The largest absolute Gasteiger partial charge is 0.494 e. The van der Waals surface area contributed by atoms with Gasteiger partial charge in [-0.05, 0) is 74.2 Å². The lowest BCUT2D eigenvalue weighted by atomic mass is 10.2. The van der Waals surface area contributed by atoms with Gasteiger partial charge in [-0.1, -0.05) is 79.1 Å². The normalized spacial score (nSPS) is 10.7. The maximum atomic E-state index is 13.3. The Hall–Kier alpha value is -4.86. The fourth-order valence-corrected chi connectivity index (χ4v) is 4.96. The van der Waals surface area contributed by atoms with Gasteiger partial charge in [-0.25, -0.2) is 9.59 Å². The summed E-state index contributed by atoms with van der Waals surface area (Å²) >= 11 is 0. The number of rotatable bonds is 24. The Morgan fingerprint density at radius 2 is 0.769 bits per heavy atom. The first kappa shape index (κ1) is 41.6. The Morgan fingerprint density at radius 1 is 0.423 bits per heavy atom. The SMILES string of the molecule is CCCCCCOc1ccc(C(=O)Oc2cc(OC(=O)CCCC)c(OC(=O)c3ccc(OCCCCCC)cc3)cc2OC(=O)CCCC)cc1. The van der Waals surface area contributed by atoms with Gasteiger partial charge >= 0.3 is 23.9 Å². The highest BCUT2D eigenvalue weighted by atomic mass is 16.6. The minimum atomic E-state index is -0.749. The van der Waals surface area contributed by atoms with Gasteiger partial charge in [0, 0.05) is 25.0 Å². The van der Waals surface area contributed by atoms with E-state index in [1.54, 1.807) is 48.5 Å². The van der Waals surface area contributed by atoms with E-state index in [4.69, 9.17) is 28.4 Å². The van der Waals surface area contributed by atoms with E-state index in [0.29, 0.717) is 37.6 Å². The monoisotopic (exact) mass is 718 g/mol. The van der Waals surface area contributed by atoms with Gasteiger partial charge < -0.3 is 28.4 Å². The molecule has 0 unspecified atom stereocenters. The van der Waals surface area contributed by atoms with Gasteiger partial charge in [0.2, 0.25) is 0 Å². The van der Waals surface area contributed by atoms with Crippen LogP contribution < -0.4 is 28.4 Å². The van der Waals surface area contributed by atoms with Crippen LogP contribution in [-0.2, 0) is 9.59 Å². The van der Waals surface area contributed by atoms with Crippen LogP contribution in [0.15, 0.2) is 60.7 Å². The molecule has 0 amide bonds. The molecule has 10 nitrogen and oxygen atoms in total. The molecule has 0 aliphatic carbocycles. The van der Waals surface area contributed by atoms with Crippen molar-refractivity contribution < 1.29 is 47.6 Å². The van der Waals surface area contributed by atoms with Crippen LogP contribution in [0.25, 0.3) is 0 Å². The van der Waals surface area contributed by atoms with Crippen molar-refractivity contribution in [3.8, 4) is 34.5 Å². The maximum absolute atomic E-state index is 13.3. The van der Waals surface area contributed by atoms with Gasteiger partial charge in [-0.15, -0.1) is 0 Å². The van der Waals surface area contributed by atoms with Gasteiger partial charge in [0.05, 0.1) is 24.3 Å². The molecule has 10 heteroatoms. The van der Waals surface area contributed by atoms with Crippen molar-refractivity contribution in [3.63, 3.8) is 0 Å². The third-order valence-corrected chi connectivity index (χ3v) is 8.05. The van der Waals surface area contributed by atoms with E-state index in [1.165, 1.54) is 12.1 Å². The van der Waals surface area contributed by atoms with Gasteiger partial charge in [0.25, 0.3) is 0 Å². The van der Waals surface area contributed by atoms with Crippen LogP contribution in [0.2, 0.25) is 0 Å². The second-order valence-electron chi connectivity index (χ2n) is 12.5. The van der Waals surface area contributed by atoms with Crippen LogP contribution in [0, 0.1) is 0 Å². The summed E-state index contributed by atoms with van der Waals surface area (Å²) in [6, 6.07) is 15.4. The van der Waals surface area contributed by atoms with Gasteiger partial charge in [-0.2, -0.15) is 0 Å². The highest BCUT2D eigenvalue weighted by Crippen LogP contribution is 2.41. The number of hydrogen-bond donors (Lipinski definition) is 0. The molecule has 0 N–H and O–H groups in total. The maximum Gasteiger partial charge on any atom is 0.343 e. The van der Waals surface area contributed by atoms with Crippen molar-refractivity contribution in [1.82, 2.24) is 0 Å². The Balaban J connectivity index is 1.87. The first-order valence-corrected chi connectivity index (χ1v) is 18.8. The number of esters is 4. The predicted molar refractivity (Wildman–Crippen MR) is 199 cm³/mol. The van der Waals surface area contributed by atoms with Crippen LogP contribution >= 0.6 is 0 Å². The lowest BCUT2D eigenvalue weighted by Gasteiger charge is -2.16. The smallest absolute Gasteiger partial charge is 0.343 e. The summed E-state index contributed by atoms with van der Waals surface area (Å²) in [4.78, 5) is 52.2. The summed E-state index contributed by atoms with van der Waals surface area (Å²) in [6.07, 6.45) is 11.5. The molecule has 0 saturated heterocycles. The minimum Gasteiger partial charge on any atom is -0.494 e. The average Bonchev–Trinajstić information content (AvgIpc) is 3.15. The Kier molecular flexibility index (Phi) is 18.8. The Morgan fingerprint density at radius 3 is 1.12 bits per heavy atom. The molecule has 0 heterocycles. The molecular formula is C42H54O10. The van der Waals surface area contributed by atoms with Crippen LogP contribution in [0.5, 0.6) is 34.5 Å². The van der Waals surface area contributed by atoms with Crippen LogP contribution in [0.4, 0.5) is 0 Å². The quantitative estimate of drug-likeness (QED) is 0.0502. The Bertz CT molecular complexity index is 1430. The van der Waals surface area contributed by atoms with Gasteiger partial charge in [-0.3, -0.25) is 9.59 Å². The van der Waals surface area contributed by atoms with E-state index in [2.05, 4.69) is 13.8 Å². The zero-order valence-electron chi connectivity index (χ0n) is 31.2. The Labute approximate surface area is 308 Å². The topological polar surface area (TPSA) is 124 Å². The van der Waals surface area contributed by atoms with Crippen LogP contribution in [0.3, 0.4) is 0 Å². The second kappa shape index (κ2) is 23.6. The number of carbonyl (C=O) groups excluding carboxylic acids is 4. The molecule has 0 aliphatic rings. The molecule has 52 heavy (non-hydrogen) atoms. The molecule has 0 atom stereocenters. The fourth-order valence-electron chi connectivity index (χ4n) is 4.96. The summed E-state index contributed by atoms with van der Waals surface area (Å²) in [5.74, 6) is -2.14. The van der Waals surface area contributed by atoms with E-state index >= 15 is 0 Å². The molecular weight excluding hydrogens is 664 g/mol. The first-order chi connectivity index (χ1) is 25.3. The molecule has 0 bridgehead atoms. The third-order valence-electron chi connectivity index (χ3n) is 8.05. The summed E-state index contributed by atoms with van der Waals surface area (Å²) in [7, 11) is 0. The molecule has 3 aromatic carbocycles. The molecule has 0 spiro atoms. The molecule has 3 rings (SSSR count). The van der Waals surface area contributed by atoms with E-state index in [-0.39, 0.29) is 47.0 Å². The van der Waals surface area contributed by atoms with Gasteiger partial charge in [0.1, 0.15) is 11.5 Å². The van der Waals surface area contributed by atoms with E-state index in [0.717, 1.165) is 64.2 Å². The highest BCUT2D eigenvalue weighted by Gasteiger charge is 2.24. The number of benzene rings is 3. The number of ether oxygens (including phenoxy) is 6. The third kappa shape index (κ3) is 14.8. The lowest BCUT2D eigenvalue weighted by molar-refractivity contribution is -0.135. The summed E-state index contributed by atoms with van der Waals surface area (Å²) in [5.41, 5.74) is 0.430. The molecule has 0 radical (unpaired) electrons. The molecule has 0 saturated carbocycles. The van der Waals surface area contributed by atoms with E-state index in [1.807, 2.05) is 13.8 Å². The van der Waals surface area contributed by atoms with Crippen LogP contribution in [-0.4, -0.2) is 37.1 Å². The molecule has 3 aromatic rings. The van der Waals surface area contributed by atoms with Crippen molar-refractivity contribution in [3.05, 3.63) is 71.8 Å². The molecule has 282 valence electrons. The predicted octanol–water partition coefficient (Wildman–Crippen LogP) is 10.2. The lowest BCUT2D eigenvalue weighted by Crippen LogP contribution is -2.15. The summed E-state index contributed by atoms with van der Waals surface area (Å²) < 4.78 is 34.2. The van der Waals surface area contributed by atoms with Crippen molar-refractivity contribution in [2.75, 3.05) is 13.2 Å². The zero-order chi connectivity index (χ0) is 37.6. The average molecular weight is 719 g/mol. The molecule has 0 aromatic heterocycles. The van der Waals surface area contributed by atoms with Crippen molar-refractivity contribution >= 4 is 23.9 Å². The zero-order valence-corrected chi connectivity index (χ0v) is 31.2. The van der Waals surface area contributed by atoms with E-state index in [9.17, 15) is 19.2 Å². The standard InChI is InChI=1S/C42H54O10/c1-5-9-13-15-27-47-33-23-19-31(20-24-33)41(45)51-37-29-36(50-40(44)18-12-8-4)38(30-35(37)49-39(43)17-11-7-3)52-42(46)32-21-25-34(26-22-32)48-28-16-14-10-6-2/h19-26,29-30H,5-18,27-28H2,1-4H3. The summed E-state index contributed by atoms with van der Waals surface area (Å²) in [5, 5.41) is 0. The summed E-state index contributed by atoms with van der Waals surface area (Å²) in [6.45, 7) is 9.33. The highest BCUT2D eigenvalue weighted by molar-refractivity contribution is 5.93. The van der Waals surface area contributed by atoms with Crippen LogP contribution in [0.1, 0.15) is 138 Å². The fraction of sp³-hybridized carbons (Fsp3) is 0.476. The van der Waals surface area contributed by atoms with Crippen molar-refractivity contribution in [2.24, 2.45) is 0 Å². The van der Waals surface area contributed by atoms with Crippen molar-refractivity contribution in [1.29, 1.82) is 0 Å². The minimum absolute atomic E-state index is 0.111. The van der Waals surface area contributed by atoms with Crippen molar-refractivity contribution in [2.45, 2.75) is 118 Å². The molecule has 0 aliphatic heterocycles. The van der Waals surface area contributed by atoms with Gasteiger partial charge in [0.15, 0.2) is 23.0 Å². The number of carbonyl (C=O) groups is 4. The first-order valence-electron chi connectivity index (χ1n) is 18.8. The number of unbranched alkanes of at least 4 members (excludes halogenated alkanes) is 8. The number of hydrogen-bond acceptors (Lipinski definition) is 10. The van der Waals surface area contributed by atoms with E-state index < -0.39 is 23.9 Å². The second-order valence-corrected chi connectivity index (χ2v) is 12.5. The molecule has 0 fully saturated rings.